The maximum atomic E-state index is 13.5. The SMILES string of the molecule is NC1COCC1C(=O)Nc1c(F)cc(F)cc1Br. The Balaban J connectivity index is 2.17. The lowest BCUT2D eigenvalue weighted by molar-refractivity contribution is -0.120. The molecule has 2 atom stereocenters. The van der Waals surface area contributed by atoms with Crippen molar-refractivity contribution in [3.63, 3.8) is 0 Å². The molecule has 7 heteroatoms. The summed E-state index contributed by atoms with van der Waals surface area (Å²) in [4.78, 5) is 11.9. The predicted octanol–water partition coefficient (Wildman–Crippen LogP) is 1.64. The molecule has 1 fully saturated rings. The molecule has 2 unspecified atom stereocenters. The third kappa shape index (κ3) is 2.68. The van der Waals surface area contributed by atoms with Gasteiger partial charge in [0.2, 0.25) is 5.91 Å². The molecule has 0 spiro atoms. The van der Waals surface area contributed by atoms with Gasteiger partial charge in [0.05, 0.1) is 24.8 Å². The van der Waals surface area contributed by atoms with E-state index in [1.54, 1.807) is 0 Å². The fourth-order valence-corrected chi connectivity index (χ4v) is 2.23. The standard InChI is InChI=1S/C11H11BrF2N2O2/c12-7-1-5(13)2-8(14)10(7)16-11(17)6-3-18-4-9(6)15/h1-2,6,9H,3-4,15H2,(H,16,17). The van der Waals surface area contributed by atoms with Crippen molar-refractivity contribution in [1.29, 1.82) is 0 Å². The summed E-state index contributed by atoms with van der Waals surface area (Å²) < 4.78 is 31.6. The zero-order valence-corrected chi connectivity index (χ0v) is 10.8. The lowest BCUT2D eigenvalue weighted by atomic mass is 10.0. The van der Waals surface area contributed by atoms with Crippen LogP contribution < -0.4 is 11.1 Å². The van der Waals surface area contributed by atoms with Crippen LogP contribution >= 0.6 is 15.9 Å². The maximum Gasteiger partial charge on any atom is 0.231 e. The molecule has 1 saturated heterocycles. The molecule has 1 aromatic carbocycles. The largest absolute Gasteiger partial charge is 0.379 e. The minimum absolute atomic E-state index is 0.0968. The number of anilines is 1. The second kappa shape index (κ2) is 5.29. The second-order valence-electron chi connectivity index (χ2n) is 4.04. The number of nitrogens with two attached hydrogens (primary N) is 1. The van der Waals surface area contributed by atoms with Crippen molar-refractivity contribution >= 4 is 27.5 Å². The van der Waals surface area contributed by atoms with E-state index >= 15 is 0 Å². The van der Waals surface area contributed by atoms with E-state index in [0.29, 0.717) is 12.7 Å². The van der Waals surface area contributed by atoms with E-state index in [1.807, 2.05) is 0 Å². The molecule has 2 rings (SSSR count). The Morgan fingerprint density at radius 1 is 1.44 bits per heavy atom. The van der Waals surface area contributed by atoms with Crippen LogP contribution in [-0.4, -0.2) is 25.2 Å². The first-order valence-electron chi connectivity index (χ1n) is 5.27. The van der Waals surface area contributed by atoms with Crippen molar-refractivity contribution in [3.05, 3.63) is 28.2 Å². The van der Waals surface area contributed by atoms with Crippen LogP contribution in [0.15, 0.2) is 16.6 Å². The highest BCUT2D eigenvalue weighted by Gasteiger charge is 2.32. The molecule has 1 aromatic rings. The molecule has 1 aliphatic rings. The van der Waals surface area contributed by atoms with E-state index in [0.717, 1.165) is 6.07 Å². The molecule has 4 nitrogen and oxygen atoms in total. The van der Waals surface area contributed by atoms with Crippen molar-refractivity contribution in [2.24, 2.45) is 11.7 Å². The fraction of sp³-hybridized carbons (Fsp3) is 0.364. The van der Waals surface area contributed by atoms with E-state index in [4.69, 9.17) is 10.5 Å². The zero-order chi connectivity index (χ0) is 13.3. The van der Waals surface area contributed by atoms with Gasteiger partial charge in [-0.1, -0.05) is 0 Å². The molecule has 0 aliphatic carbocycles. The van der Waals surface area contributed by atoms with Crippen LogP contribution in [0.4, 0.5) is 14.5 Å². The van der Waals surface area contributed by atoms with Crippen LogP contribution in [0.1, 0.15) is 0 Å². The Morgan fingerprint density at radius 3 is 2.72 bits per heavy atom. The number of halogens is 3. The smallest absolute Gasteiger partial charge is 0.231 e. The first-order valence-corrected chi connectivity index (χ1v) is 6.07. The summed E-state index contributed by atoms with van der Waals surface area (Å²) in [7, 11) is 0. The summed E-state index contributed by atoms with van der Waals surface area (Å²) >= 11 is 2.99. The summed E-state index contributed by atoms with van der Waals surface area (Å²) in [5.74, 6) is -2.53. The van der Waals surface area contributed by atoms with Crippen molar-refractivity contribution in [1.82, 2.24) is 0 Å². The van der Waals surface area contributed by atoms with E-state index in [9.17, 15) is 13.6 Å². The molecule has 0 bridgehead atoms. The number of hydrogen-bond donors (Lipinski definition) is 2. The van der Waals surface area contributed by atoms with Crippen molar-refractivity contribution in [2.45, 2.75) is 6.04 Å². The van der Waals surface area contributed by atoms with Crippen molar-refractivity contribution in [2.75, 3.05) is 18.5 Å². The summed E-state index contributed by atoms with van der Waals surface area (Å²) in [5.41, 5.74) is 5.59. The topological polar surface area (TPSA) is 64.3 Å². The van der Waals surface area contributed by atoms with Crippen LogP contribution in [0.25, 0.3) is 0 Å². The molecule has 3 N–H and O–H groups in total. The predicted molar refractivity (Wildman–Crippen MR) is 65.0 cm³/mol. The maximum absolute atomic E-state index is 13.5. The zero-order valence-electron chi connectivity index (χ0n) is 9.25. The minimum atomic E-state index is -0.845. The van der Waals surface area contributed by atoms with Gasteiger partial charge in [0, 0.05) is 16.6 Å². The highest BCUT2D eigenvalue weighted by Crippen LogP contribution is 2.27. The lowest BCUT2D eigenvalue weighted by Crippen LogP contribution is -2.37. The van der Waals surface area contributed by atoms with E-state index in [-0.39, 0.29) is 16.8 Å². The van der Waals surface area contributed by atoms with Crippen LogP contribution in [0.2, 0.25) is 0 Å². The van der Waals surface area contributed by atoms with Gasteiger partial charge < -0.3 is 15.8 Å². The number of carbonyl (C=O) groups excluding carboxylic acids is 1. The molecule has 1 heterocycles. The Morgan fingerprint density at radius 2 is 2.17 bits per heavy atom. The Kier molecular flexibility index (Phi) is 3.94. The number of ether oxygens (including phenoxy) is 1. The number of carbonyl (C=O) groups is 1. The lowest BCUT2D eigenvalue weighted by Gasteiger charge is -2.14. The van der Waals surface area contributed by atoms with E-state index in [1.165, 1.54) is 0 Å². The van der Waals surface area contributed by atoms with Crippen LogP contribution in [0, 0.1) is 17.6 Å². The molecular formula is C11H11BrF2N2O2. The quantitative estimate of drug-likeness (QED) is 0.870. The van der Waals surface area contributed by atoms with Gasteiger partial charge in [-0.2, -0.15) is 0 Å². The Hall–Kier alpha value is -1.05. The van der Waals surface area contributed by atoms with E-state index in [2.05, 4.69) is 21.2 Å². The van der Waals surface area contributed by atoms with Gasteiger partial charge in [-0.05, 0) is 22.0 Å². The van der Waals surface area contributed by atoms with Crippen LogP contribution in [0.3, 0.4) is 0 Å². The third-order valence-electron chi connectivity index (χ3n) is 2.72. The highest BCUT2D eigenvalue weighted by atomic mass is 79.9. The van der Waals surface area contributed by atoms with Crippen LogP contribution in [0.5, 0.6) is 0 Å². The first-order chi connectivity index (χ1) is 8.49. The van der Waals surface area contributed by atoms with E-state index < -0.39 is 29.5 Å². The molecule has 0 aromatic heterocycles. The fourth-order valence-electron chi connectivity index (χ4n) is 1.72. The monoisotopic (exact) mass is 320 g/mol. The van der Waals surface area contributed by atoms with Gasteiger partial charge in [-0.25, -0.2) is 8.78 Å². The normalized spacial score (nSPS) is 23.1. The number of nitrogens with one attached hydrogen (secondary N) is 1. The minimum Gasteiger partial charge on any atom is -0.379 e. The van der Waals surface area contributed by atoms with Crippen LogP contribution in [-0.2, 0) is 9.53 Å². The Bertz CT molecular complexity index is 461. The molecule has 1 aliphatic heterocycles. The number of hydrogen-bond acceptors (Lipinski definition) is 3. The molecule has 98 valence electrons. The average molecular weight is 321 g/mol. The number of rotatable bonds is 2. The molecular weight excluding hydrogens is 310 g/mol. The average Bonchev–Trinajstić information content (AvgIpc) is 2.69. The van der Waals surface area contributed by atoms with Gasteiger partial charge in [0.25, 0.3) is 0 Å². The van der Waals surface area contributed by atoms with Gasteiger partial charge in [-0.15, -0.1) is 0 Å². The number of amides is 1. The third-order valence-corrected chi connectivity index (χ3v) is 3.34. The summed E-state index contributed by atoms with van der Waals surface area (Å²) in [6.45, 7) is 0.499. The Labute approximate surface area is 111 Å². The van der Waals surface area contributed by atoms with Gasteiger partial charge in [-0.3, -0.25) is 4.79 Å². The molecule has 0 saturated carbocycles. The molecule has 0 radical (unpaired) electrons. The second-order valence-corrected chi connectivity index (χ2v) is 4.90. The van der Waals surface area contributed by atoms with Gasteiger partial charge in [0.1, 0.15) is 5.82 Å². The first kappa shape index (κ1) is 13.4. The van der Waals surface area contributed by atoms with Crippen molar-refractivity contribution < 1.29 is 18.3 Å². The molecule has 1 amide bonds. The number of benzene rings is 1. The molecule has 18 heavy (non-hydrogen) atoms. The highest BCUT2D eigenvalue weighted by molar-refractivity contribution is 9.10. The summed E-state index contributed by atoms with van der Waals surface area (Å²) in [6, 6.07) is 1.36. The van der Waals surface area contributed by atoms with Gasteiger partial charge >= 0.3 is 0 Å². The summed E-state index contributed by atoms with van der Waals surface area (Å²) in [5, 5.41) is 2.39. The van der Waals surface area contributed by atoms with Gasteiger partial charge in [0.15, 0.2) is 5.82 Å². The van der Waals surface area contributed by atoms with Crippen molar-refractivity contribution in [3.8, 4) is 0 Å². The summed E-state index contributed by atoms with van der Waals surface area (Å²) in [6.07, 6.45) is 0.